The fourth-order valence-corrected chi connectivity index (χ4v) is 1.96. The fourth-order valence-electron chi connectivity index (χ4n) is 1.04. The molecule has 7 heteroatoms. The maximum absolute atomic E-state index is 11.5. The van der Waals surface area contributed by atoms with Crippen molar-refractivity contribution in [3.05, 3.63) is 10.6 Å². The van der Waals surface area contributed by atoms with Gasteiger partial charge in [0.15, 0.2) is 5.13 Å². The quantitative estimate of drug-likeness (QED) is 0.676. The zero-order valence-electron chi connectivity index (χ0n) is 9.74. The first-order chi connectivity index (χ1) is 7.95. The van der Waals surface area contributed by atoms with Gasteiger partial charge < -0.3 is 10.1 Å². The van der Waals surface area contributed by atoms with Gasteiger partial charge in [0.05, 0.1) is 12.3 Å². The number of carbonyl (C=O) groups excluding carboxylic acids is 2. The van der Waals surface area contributed by atoms with Gasteiger partial charge in [-0.3, -0.25) is 4.79 Å². The van der Waals surface area contributed by atoms with E-state index < -0.39 is 11.3 Å². The van der Waals surface area contributed by atoms with Crippen LogP contribution in [0.3, 0.4) is 0 Å². The molecule has 0 saturated carbocycles. The summed E-state index contributed by atoms with van der Waals surface area (Å²) in [5.74, 6) is -0.780. The number of esters is 1. The highest BCUT2D eigenvalue weighted by atomic mass is 35.5. The molecule has 1 aromatic rings. The minimum absolute atomic E-state index is 0.302. The number of nitrogens with zero attached hydrogens (tertiary/aromatic N) is 1. The molecule has 5 nitrogen and oxygen atoms in total. The lowest BCUT2D eigenvalue weighted by molar-refractivity contribution is -0.115. The standard InChI is InChI=1S/C10H13ClN2O3S/c1-4-16-9(15)7-6(3)12-10(17-7)13-8(14)5(2)11/h5H,4H2,1-3H3,(H,12,13,14)/t5-/m1/s1. The summed E-state index contributed by atoms with van der Waals surface area (Å²) in [4.78, 5) is 27.3. The third kappa shape index (κ3) is 3.67. The number of halogens is 1. The number of hydrogen-bond acceptors (Lipinski definition) is 5. The maximum Gasteiger partial charge on any atom is 0.350 e. The smallest absolute Gasteiger partial charge is 0.350 e. The third-order valence-electron chi connectivity index (χ3n) is 1.85. The molecule has 1 amide bonds. The largest absolute Gasteiger partial charge is 0.462 e. The Bertz CT molecular complexity index is 431. The van der Waals surface area contributed by atoms with E-state index in [1.54, 1.807) is 20.8 Å². The summed E-state index contributed by atoms with van der Waals surface area (Å²) in [6, 6.07) is 0. The number of alkyl halides is 1. The van der Waals surface area contributed by atoms with Crippen molar-refractivity contribution in [2.45, 2.75) is 26.1 Å². The molecule has 0 spiro atoms. The van der Waals surface area contributed by atoms with Gasteiger partial charge in [0, 0.05) is 0 Å². The first-order valence-electron chi connectivity index (χ1n) is 5.05. The van der Waals surface area contributed by atoms with Crippen LogP contribution >= 0.6 is 22.9 Å². The number of aromatic nitrogens is 1. The van der Waals surface area contributed by atoms with Crippen molar-refractivity contribution in [1.29, 1.82) is 0 Å². The zero-order chi connectivity index (χ0) is 13.0. The van der Waals surface area contributed by atoms with E-state index in [0.717, 1.165) is 11.3 Å². The van der Waals surface area contributed by atoms with Crippen molar-refractivity contribution in [2.75, 3.05) is 11.9 Å². The summed E-state index contributed by atoms with van der Waals surface area (Å²) in [5.41, 5.74) is 0.533. The Morgan fingerprint density at radius 2 is 2.24 bits per heavy atom. The van der Waals surface area contributed by atoms with Crippen LogP contribution in [0.1, 0.15) is 29.2 Å². The number of thiazole rings is 1. The summed E-state index contributed by atoms with van der Waals surface area (Å²) in [6.07, 6.45) is 0. The van der Waals surface area contributed by atoms with E-state index in [1.165, 1.54) is 0 Å². The summed E-state index contributed by atoms with van der Waals surface area (Å²) < 4.78 is 4.87. The molecule has 1 aromatic heterocycles. The van der Waals surface area contributed by atoms with E-state index in [2.05, 4.69) is 10.3 Å². The highest BCUT2D eigenvalue weighted by Crippen LogP contribution is 2.23. The predicted octanol–water partition coefficient (Wildman–Crippen LogP) is 2.19. The Labute approximate surface area is 108 Å². The lowest BCUT2D eigenvalue weighted by Gasteiger charge is -2.01. The Hall–Kier alpha value is -1.14. The van der Waals surface area contributed by atoms with Crippen LogP contribution in [0.2, 0.25) is 0 Å². The van der Waals surface area contributed by atoms with E-state index in [9.17, 15) is 9.59 Å². The minimum atomic E-state index is -0.648. The molecule has 94 valence electrons. The van der Waals surface area contributed by atoms with Gasteiger partial charge in [-0.2, -0.15) is 0 Å². The lowest BCUT2D eigenvalue weighted by Crippen LogP contribution is -2.20. The highest BCUT2D eigenvalue weighted by molar-refractivity contribution is 7.17. The number of amides is 1. The van der Waals surface area contributed by atoms with E-state index in [-0.39, 0.29) is 5.91 Å². The van der Waals surface area contributed by atoms with Crippen LogP contribution in [0.25, 0.3) is 0 Å². The maximum atomic E-state index is 11.5. The van der Waals surface area contributed by atoms with Crippen molar-refractivity contribution < 1.29 is 14.3 Å². The van der Waals surface area contributed by atoms with Crippen molar-refractivity contribution in [2.24, 2.45) is 0 Å². The van der Waals surface area contributed by atoms with E-state index in [0.29, 0.717) is 22.3 Å². The van der Waals surface area contributed by atoms with Crippen LogP contribution in [0.15, 0.2) is 0 Å². The van der Waals surface area contributed by atoms with Gasteiger partial charge in [0.1, 0.15) is 10.3 Å². The summed E-state index contributed by atoms with van der Waals surface area (Å²) in [7, 11) is 0. The van der Waals surface area contributed by atoms with Gasteiger partial charge >= 0.3 is 5.97 Å². The predicted molar refractivity (Wildman–Crippen MR) is 66.8 cm³/mol. The van der Waals surface area contributed by atoms with E-state index in [1.807, 2.05) is 0 Å². The molecule has 0 fully saturated rings. The highest BCUT2D eigenvalue weighted by Gasteiger charge is 2.18. The average Bonchev–Trinajstić information content (AvgIpc) is 2.59. The number of rotatable bonds is 4. The summed E-state index contributed by atoms with van der Waals surface area (Å²) in [6.45, 7) is 5.27. The van der Waals surface area contributed by atoms with Gasteiger partial charge in [-0.25, -0.2) is 9.78 Å². The van der Waals surface area contributed by atoms with Crippen LogP contribution in [-0.4, -0.2) is 28.8 Å². The number of anilines is 1. The van der Waals surface area contributed by atoms with Crippen LogP contribution in [-0.2, 0) is 9.53 Å². The molecular formula is C10H13ClN2O3S. The Kier molecular flexibility index (Phi) is 4.89. The lowest BCUT2D eigenvalue weighted by atomic mass is 10.4. The Morgan fingerprint density at radius 1 is 1.59 bits per heavy atom. The van der Waals surface area contributed by atoms with Gasteiger partial charge in [-0.05, 0) is 20.8 Å². The SMILES string of the molecule is CCOC(=O)c1sc(NC(=O)[C@@H](C)Cl)nc1C. The van der Waals surface area contributed by atoms with Crippen molar-refractivity contribution >= 4 is 39.9 Å². The van der Waals surface area contributed by atoms with Crippen LogP contribution < -0.4 is 5.32 Å². The molecular weight excluding hydrogens is 264 g/mol. The number of carbonyl (C=O) groups is 2. The molecule has 0 saturated heterocycles. The Morgan fingerprint density at radius 3 is 2.76 bits per heavy atom. The molecule has 0 aliphatic heterocycles. The van der Waals surface area contributed by atoms with E-state index in [4.69, 9.17) is 16.3 Å². The monoisotopic (exact) mass is 276 g/mol. The van der Waals surface area contributed by atoms with Gasteiger partial charge in [-0.15, -0.1) is 11.6 Å². The zero-order valence-corrected chi connectivity index (χ0v) is 11.3. The summed E-state index contributed by atoms with van der Waals surface area (Å²) >= 11 is 6.69. The van der Waals surface area contributed by atoms with Crippen LogP contribution in [0.4, 0.5) is 5.13 Å². The molecule has 0 bridgehead atoms. The molecule has 17 heavy (non-hydrogen) atoms. The second-order valence-corrected chi connectivity index (χ2v) is 4.91. The van der Waals surface area contributed by atoms with Gasteiger partial charge in [0.25, 0.3) is 0 Å². The molecule has 0 aliphatic carbocycles. The number of ether oxygens (including phenoxy) is 1. The summed E-state index contributed by atoms with van der Waals surface area (Å²) in [5, 5.41) is 2.23. The van der Waals surface area contributed by atoms with Crippen LogP contribution in [0.5, 0.6) is 0 Å². The molecule has 1 heterocycles. The molecule has 1 atom stereocenters. The topological polar surface area (TPSA) is 68.3 Å². The van der Waals surface area contributed by atoms with Gasteiger partial charge in [-0.1, -0.05) is 11.3 Å². The van der Waals surface area contributed by atoms with Crippen molar-refractivity contribution in [3.63, 3.8) is 0 Å². The Balaban J connectivity index is 2.81. The molecule has 0 aromatic carbocycles. The number of nitrogens with one attached hydrogen (secondary N) is 1. The van der Waals surface area contributed by atoms with Crippen molar-refractivity contribution in [3.8, 4) is 0 Å². The van der Waals surface area contributed by atoms with Crippen molar-refractivity contribution in [1.82, 2.24) is 4.98 Å². The molecule has 1 N–H and O–H groups in total. The molecule has 1 rings (SSSR count). The molecule has 0 unspecified atom stereocenters. The second kappa shape index (κ2) is 5.97. The third-order valence-corrected chi connectivity index (χ3v) is 3.10. The second-order valence-electron chi connectivity index (χ2n) is 3.26. The number of hydrogen-bond donors (Lipinski definition) is 1. The molecule has 0 aliphatic rings. The average molecular weight is 277 g/mol. The normalized spacial score (nSPS) is 12.0. The minimum Gasteiger partial charge on any atom is -0.462 e. The number of aryl methyl sites for hydroxylation is 1. The van der Waals surface area contributed by atoms with Crippen LogP contribution in [0, 0.1) is 6.92 Å². The first-order valence-corrected chi connectivity index (χ1v) is 6.30. The molecule has 0 radical (unpaired) electrons. The first kappa shape index (κ1) is 13.9. The van der Waals surface area contributed by atoms with Gasteiger partial charge in [0.2, 0.25) is 5.91 Å². The van der Waals surface area contributed by atoms with E-state index >= 15 is 0 Å². The fraction of sp³-hybridized carbons (Fsp3) is 0.500.